The van der Waals surface area contributed by atoms with Crippen LogP contribution in [-0.4, -0.2) is 21.5 Å². The normalized spacial score (nSPS) is 7.70. The van der Waals surface area contributed by atoms with Crippen molar-refractivity contribution in [2.75, 3.05) is 0 Å². The second-order valence-corrected chi connectivity index (χ2v) is 1.94. The zero-order valence-corrected chi connectivity index (χ0v) is 5.99. The molecule has 10 heavy (non-hydrogen) atoms. The zero-order chi connectivity index (χ0) is 7.82. The number of rotatable bonds is 4. The van der Waals surface area contributed by atoms with E-state index in [4.69, 9.17) is 11.1 Å². The molecule has 0 saturated carbocycles. The van der Waals surface area contributed by atoms with Gasteiger partial charge in [-0.15, -0.1) is 0 Å². The Labute approximate surface area is 59.7 Å². The number of nitrogens with zero attached hydrogens (tertiary/aromatic N) is 4. The first-order chi connectivity index (χ1) is 4.85. The first kappa shape index (κ1) is 8.76. The lowest BCUT2D eigenvalue weighted by atomic mass is 10.2. The van der Waals surface area contributed by atoms with Gasteiger partial charge in [0.15, 0.2) is 0 Å². The molecule has 0 saturated heterocycles. The predicted molar refractivity (Wildman–Crippen MR) is 37.8 cm³/mol. The minimum absolute atomic E-state index is 0.407. The summed E-state index contributed by atoms with van der Waals surface area (Å²) in [5, 5.41) is 0. The van der Waals surface area contributed by atoms with Crippen molar-refractivity contribution in [3.8, 4) is 0 Å². The quantitative estimate of drug-likeness (QED) is 0.317. The summed E-state index contributed by atoms with van der Waals surface area (Å²) in [6.07, 6.45) is 3.75. The summed E-state index contributed by atoms with van der Waals surface area (Å²) in [6, 6.07) is 0. The molecule has 54 valence electrons. The predicted octanol–water partition coefficient (Wildman–Crippen LogP) is 1.15. The molecule has 0 radical (unpaired) electrons. The maximum absolute atomic E-state index is 8.27. The third kappa shape index (κ3) is 3.72. The first-order valence-electron chi connectivity index (χ1n) is 3.23. The van der Waals surface area contributed by atoms with Crippen LogP contribution in [0, 0.1) is 0 Å². The second-order valence-electron chi connectivity index (χ2n) is 1.94. The molecule has 0 aliphatic rings. The monoisotopic (exact) mass is 138 g/mol. The van der Waals surface area contributed by atoms with E-state index in [0.717, 1.165) is 19.1 Å². The van der Waals surface area contributed by atoms with Gasteiger partial charge in [-0.1, -0.05) is 13.3 Å². The van der Waals surface area contributed by atoms with E-state index in [1.165, 1.54) is 0 Å². The molecule has 0 spiro atoms. The molecule has 0 aromatic carbocycles. The van der Waals surface area contributed by atoms with Gasteiger partial charge in [-0.3, -0.25) is 0 Å². The maximum Gasteiger partial charge on any atom is 0.371 e. The zero-order valence-electron chi connectivity index (χ0n) is 5.99. The summed E-state index contributed by atoms with van der Waals surface area (Å²) in [7, 11) is 0. The van der Waals surface area contributed by atoms with Crippen LogP contribution in [0.5, 0.6) is 0 Å². The van der Waals surface area contributed by atoms with Gasteiger partial charge >= 0.3 is 11.9 Å². The molecule has 0 rings (SSSR count). The van der Waals surface area contributed by atoms with Gasteiger partial charge in [0.25, 0.3) is 0 Å². The average molecular weight is 138 g/mol. The Balaban J connectivity index is 3.86. The molecule has 0 bridgehead atoms. The molecule has 0 aliphatic heterocycles. The van der Waals surface area contributed by atoms with E-state index in [2.05, 4.69) is 9.58 Å². The topological polar surface area (TPSA) is 72.8 Å². The van der Waals surface area contributed by atoms with Crippen molar-refractivity contribution in [3.05, 3.63) is 11.1 Å². The third-order valence-electron chi connectivity index (χ3n) is 1.12. The van der Waals surface area contributed by atoms with Crippen LogP contribution in [0.2, 0.25) is 0 Å². The van der Waals surface area contributed by atoms with Gasteiger partial charge in [0.2, 0.25) is 0 Å². The van der Waals surface area contributed by atoms with E-state index in [-0.39, 0.29) is 0 Å². The lowest BCUT2D eigenvalue weighted by Gasteiger charge is -1.81. The SMILES string of the molecule is CCCCC(C=[N+]=[N-])=[N+]=[N-]. The summed E-state index contributed by atoms with van der Waals surface area (Å²) in [6.45, 7) is 2.03. The van der Waals surface area contributed by atoms with Crippen LogP contribution >= 0.6 is 0 Å². The summed E-state index contributed by atoms with van der Waals surface area (Å²) in [5.41, 5.74) is 16.7. The Hall–Kier alpha value is -1.24. The standard InChI is InChI=1S/C6H10N4/c1-2-3-4-6(10-8)5-9-7/h5H,2-4H2,1H3. The van der Waals surface area contributed by atoms with Crippen molar-refractivity contribution in [1.82, 2.24) is 0 Å². The molecule has 0 heterocycles. The van der Waals surface area contributed by atoms with Gasteiger partial charge in [0.05, 0.1) is 6.42 Å². The lowest BCUT2D eigenvalue weighted by molar-refractivity contribution is -0.0210. The van der Waals surface area contributed by atoms with E-state index >= 15 is 0 Å². The fraction of sp³-hybridized carbons (Fsp3) is 0.667. The minimum atomic E-state index is 0.407. The van der Waals surface area contributed by atoms with Crippen LogP contribution in [0.3, 0.4) is 0 Å². The fourth-order valence-electron chi connectivity index (χ4n) is 0.565. The Morgan fingerprint density at radius 1 is 1.50 bits per heavy atom. The van der Waals surface area contributed by atoms with Crippen molar-refractivity contribution in [2.24, 2.45) is 0 Å². The number of unbranched alkanes of at least 4 members (excludes halogenated alkanes) is 1. The summed E-state index contributed by atoms with van der Waals surface area (Å²) < 4.78 is 0. The molecule has 0 atom stereocenters. The number of hydrogen-bond donors (Lipinski definition) is 0. The number of hydrogen-bond acceptors (Lipinski definition) is 0. The van der Waals surface area contributed by atoms with E-state index < -0.39 is 0 Å². The van der Waals surface area contributed by atoms with Crippen molar-refractivity contribution < 1.29 is 9.58 Å². The highest BCUT2D eigenvalue weighted by Gasteiger charge is 2.06. The van der Waals surface area contributed by atoms with Crippen LogP contribution < -0.4 is 0 Å². The molecule has 0 unspecified atom stereocenters. The van der Waals surface area contributed by atoms with Crippen LogP contribution in [0.15, 0.2) is 0 Å². The van der Waals surface area contributed by atoms with E-state index in [1.807, 2.05) is 6.92 Å². The summed E-state index contributed by atoms with van der Waals surface area (Å²) >= 11 is 0. The van der Waals surface area contributed by atoms with E-state index in [9.17, 15) is 0 Å². The highest BCUT2D eigenvalue weighted by molar-refractivity contribution is 6.25. The highest BCUT2D eigenvalue weighted by Crippen LogP contribution is 1.92. The van der Waals surface area contributed by atoms with E-state index in [0.29, 0.717) is 12.1 Å². The van der Waals surface area contributed by atoms with Crippen LogP contribution in [-0.2, 0) is 0 Å². The van der Waals surface area contributed by atoms with Gasteiger partial charge in [0.1, 0.15) is 0 Å². The molecular weight excluding hydrogens is 128 g/mol. The largest absolute Gasteiger partial charge is 0.371 e. The van der Waals surface area contributed by atoms with Gasteiger partial charge < -0.3 is 11.1 Å². The Morgan fingerprint density at radius 3 is 2.60 bits per heavy atom. The molecule has 0 aromatic rings. The molecule has 0 N–H and O–H groups in total. The van der Waals surface area contributed by atoms with Crippen molar-refractivity contribution in [2.45, 2.75) is 26.2 Å². The summed E-state index contributed by atoms with van der Waals surface area (Å²) in [4.78, 5) is 5.67. The third-order valence-corrected chi connectivity index (χ3v) is 1.12. The van der Waals surface area contributed by atoms with Crippen molar-refractivity contribution >= 4 is 11.9 Å². The Kier molecular flexibility index (Phi) is 5.16. The van der Waals surface area contributed by atoms with Crippen LogP contribution in [0.25, 0.3) is 11.1 Å². The second kappa shape index (κ2) is 5.89. The van der Waals surface area contributed by atoms with Crippen molar-refractivity contribution in [1.29, 1.82) is 0 Å². The fourth-order valence-corrected chi connectivity index (χ4v) is 0.565. The van der Waals surface area contributed by atoms with Crippen molar-refractivity contribution in [3.63, 3.8) is 0 Å². The molecular formula is C6H10N4. The Morgan fingerprint density at radius 2 is 2.20 bits per heavy atom. The van der Waals surface area contributed by atoms with Crippen LogP contribution in [0.1, 0.15) is 26.2 Å². The van der Waals surface area contributed by atoms with Crippen LogP contribution in [0.4, 0.5) is 0 Å². The van der Waals surface area contributed by atoms with Gasteiger partial charge in [0, 0.05) is 0 Å². The molecule has 4 heteroatoms. The smallest absolute Gasteiger partial charge is 0.361 e. The Bertz CT molecular complexity index is 184. The molecule has 0 amide bonds. The average Bonchev–Trinajstić information content (AvgIpc) is 1.98. The minimum Gasteiger partial charge on any atom is -0.361 e. The molecule has 4 nitrogen and oxygen atoms in total. The first-order valence-corrected chi connectivity index (χ1v) is 3.23. The molecule has 0 aliphatic carbocycles. The van der Waals surface area contributed by atoms with Gasteiger partial charge in [-0.25, -0.2) is 0 Å². The highest BCUT2D eigenvalue weighted by atomic mass is 14.9. The lowest BCUT2D eigenvalue weighted by Crippen LogP contribution is -2.01. The maximum atomic E-state index is 8.27. The molecule has 0 aromatic heterocycles. The van der Waals surface area contributed by atoms with Gasteiger partial charge in [-0.2, -0.15) is 9.58 Å². The van der Waals surface area contributed by atoms with E-state index in [1.54, 1.807) is 0 Å². The van der Waals surface area contributed by atoms with Gasteiger partial charge in [-0.05, 0) is 6.42 Å². The summed E-state index contributed by atoms with van der Waals surface area (Å²) in [5.74, 6) is 0. The molecule has 0 fully saturated rings.